The summed E-state index contributed by atoms with van der Waals surface area (Å²) in [6.07, 6.45) is 1.86. The van der Waals surface area contributed by atoms with Gasteiger partial charge in [0.25, 0.3) is 0 Å². The summed E-state index contributed by atoms with van der Waals surface area (Å²) in [7, 11) is -18.7. The second kappa shape index (κ2) is 10.2. The Morgan fingerprint density at radius 2 is 0.789 bits per heavy atom. The minimum absolute atomic E-state index is 0.0290. The summed E-state index contributed by atoms with van der Waals surface area (Å²) in [5.74, 6) is -3.39. The van der Waals surface area contributed by atoms with Crippen molar-refractivity contribution in [2.45, 2.75) is 16.5 Å². The molecule has 2 aromatic carbocycles. The van der Waals surface area contributed by atoms with Gasteiger partial charge in [0.05, 0.1) is 0 Å². The first-order chi connectivity index (χ1) is 16.9. The predicted molar refractivity (Wildman–Crippen MR) is 109 cm³/mol. The first kappa shape index (κ1) is 31.0. The van der Waals surface area contributed by atoms with Crippen LogP contribution in [0.15, 0.2) is 42.5 Å². The fourth-order valence-electron chi connectivity index (χ4n) is 2.13. The van der Waals surface area contributed by atoms with Crippen LogP contribution in [0.3, 0.4) is 0 Å². The average molecular weight is 624 g/mol. The summed E-state index contributed by atoms with van der Waals surface area (Å²) in [6.45, 7) is 0. The van der Waals surface area contributed by atoms with Gasteiger partial charge < -0.3 is 12.5 Å². The van der Waals surface area contributed by atoms with Crippen molar-refractivity contribution in [2.24, 2.45) is 0 Å². The van der Waals surface area contributed by atoms with Crippen LogP contribution in [0.5, 0.6) is 17.2 Å². The lowest BCUT2D eigenvalue weighted by Crippen LogP contribution is -2.29. The Morgan fingerprint density at radius 1 is 0.474 bits per heavy atom. The van der Waals surface area contributed by atoms with Gasteiger partial charge in [-0.2, -0.15) is 64.8 Å². The number of hydrogen-bond acceptors (Lipinski definition) is 9. The molecule has 0 fully saturated rings. The van der Waals surface area contributed by atoms with E-state index in [2.05, 4.69) is 12.5 Å². The van der Waals surface area contributed by atoms with Gasteiger partial charge in [0, 0.05) is 6.07 Å². The number of halogens is 9. The fourth-order valence-corrected chi connectivity index (χ4v) is 3.48. The van der Waals surface area contributed by atoms with Crippen LogP contribution in [0.25, 0.3) is 12.2 Å². The van der Waals surface area contributed by atoms with Crippen molar-refractivity contribution < 1.29 is 77.3 Å². The summed E-state index contributed by atoms with van der Waals surface area (Å²) in [4.78, 5) is 0. The lowest BCUT2D eigenvalue weighted by Gasteiger charge is -2.13. The van der Waals surface area contributed by atoms with E-state index in [0.29, 0.717) is 12.1 Å². The largest absolute Gasteiger partial charge is 0.534 e. The first-order valence-electron chi connectivity index (χ1n) is 8.89. The standard InChI is InChI=1S/C17H9F9O9S3/c18-15(19,20)36(27,28)33-12-5-3-10(4-6-12)1-2-11-7-13(34-37(29,30)16(21,22)23)9-14(8-11)35-38(31,32)17(24,25)26/h1-9H. The minimum Gasteiger partial charge on any atom is -0.376 e. The van der Waals surface area contributed by atoms with Crippen LogP contribution in [0.2, 0.25) is 0 Å². The molecule has 0 aromatic heterocycles. The van der Waals surface area contributed by atoms with E-state index in [1.807, 2.05) is 0 Å². The van der Waals surface area contributed by atoms with Crippen LogP contribution in [-0.4, -0.2) is 41.8 Å². The van der Waals surface area contributed by atoms with Crippen LogP contribution in [0.4, 0.5) is 39.5 Å². The minimum atomic E-state index is -6.35. The van der Waals surface area contributed by atoms with Crippen molar-refractivity contribution in [3.63, 3.8) is 0 Å². The van der Waals surface area contributed by atoms with Crippen molar-refractivity contribution in [3.05, 3.63) is 53.6 Å². The molecule has 21 heteroatoms. The molecule has 0 N–H and O–H groups in total. The maximum atomic E-state index is 12.6. The molecular formula is C17H9F9O9S3. The van der Waals surface area contributed by atoms with Crippen LogP contribution in [-0.2, 0) is 30.4 Å². The van der Waals surface area contributed by atoms with Gasteiger partial charge in [-0.3, -0.25) is 0 Å². The van der Waals surface area contributed by atoms with Gasteiger partial charge in [-0.25, -0.2) is 0 Å². The fraction of sp³-hybridized carbons (Fsp3) is 0.176. The van der Waals surface area contributed by atoms with Gasteiger partial charge >= 0.3 is 46.9 Å². The molecule has 212 valence electrons. The molecule has 0 aliphatic carbocycles. The molecule has 0 bridgehead atoms. The zero-order valence-corrected chi connectivity index (χ0v) is 19.9. The van der Waals surface area contributed by atoms with Crippen molar-refractivity contribution in [1.29, 1.82) is 0 Å². The average Bonchev–Trinajstić information content (AvgIpc) is 2.69. The highest BCUT2D eigenvalue weighted by molar-refractivity contribution is 7.88. The molecule has 0 atom stereocenters. The van der Waals surface area contributed by atoms with E-state index in [1.54, 1.807) is 0 Å². The lowest BCUT2D eigenvalue weighted by atomic mass is 10.1. The van der Waals surface area contributed by atoms with E-state index in [0.717, 1.165) is 36.4 Å². The highest BCUT2D eigenvalue weighted by atomic mass is 32.2. The van der Waals surface area contributed by atoms with Crippen LogP contribution < -0.4 is 12.5 Å². The van der Waals surface area contributed by atoms with Crippen molar-refractivity contribution in [3.8, 4) is 17.2 Å². The van der Waals surface area contributed by atoms with E-state index in [4.69, 9.17) is 0 Å². The Kier molecular flexibility index (Phi) is 8.30. The number of benzene rings is 2. The third kappa shape index (κ3) is 7.66. The van der Waals surface area contributed by atoms with Gasteiger partial charge in [-0.05, 0) is 35.4 Å². The Balaban J connectivity index is 2.43. The van der Waals surface area contributed by atoms with Crippen LogP contribution >= 0.6 is 0 Å². The molecule has 0 saturated carbocycles. The highest BCUT2D eigenvalue weighted by Crippen LogP contribution is 2.33. The molecular weight excluding hydrogens is 615 g/mol. The first-order valence-corrected chi connectivity index (χ1v) is 13.1. The third-order valence-corrected chi connectivity index (χ3v) is 6.66. The monoisotopic (exact) mass is 624 g/mol. The third-order valence-electron chi connectivity index (χ3n) is 3.72. The maximum Gasteiger partial charge on any atom is 0.534 e. The summed E-state index contributed by atoms with van der Waals surface area (Å²) in [5, 5.41) is 0. The van der Waals surface area contributed by atoms with E-state index < -0.39 is 69.7 Å². The Hall–Kier alpha value is -3.20. The molecule has 0 amide bonds. The number of hydrogen-bond donors (Lipinski definition) is 0. The second-order valence-corrected chi connectivity index (χ2v) is 11.2. The summed E-state index contributed by atoms with van der Waals surface area (Å²) >= 11 is 0. The predicted octanol–water partition coefficient (Wildman–Crippen LogP) is 4.54. The molecule has 0 saturated heterocycles. The van der Waals surface area contributed by atoms with Gasteiger partial charge in [-0.1, -0.05) is 24.3 Å². The Morgan fingerprint density at radius 3 is 1.13 bits per heavy atom. The quantitative estimate of drug-likeness (QED) is 0.180. The smallest absolute Gasteiger partial charge is 0.376 e. The van der Waals surface area contributed by atoms with Gasteiger partial charge in [-0.15, -0.1) is 0 Å². The normalized spacial score (nSPS) is 13.9. The summed E-state index contributed by atoms with van der Waals surface area (Å²) in [5.41, 5.74) is -18.1. The van der Waals surface area contributed by atoms with E-state index in [-0.39, 0.29) is 11.6 Å². The zero-order valence-electron chi connectivity index (χ0n) is 17.5. The molecule has 0 spiro atoms. The molecule has 9 nitrogen and oxygen atoms in total. The zero-order chi connectivity index (χ0) is 29.4. The summed E-state index contributed by atoms with van der Waals surface area (Å²) in [6, 6.07) is 4.61. The molecule has 0 radical (unpaired) electrons. The van der Waals surface area contributed by atoms with Crippen molar-refractivity contribution >= 4 is 42.5 Å². The second-order valence-electron chi connectivity index (χ2n) is 6.59. The molecule has 0 aliphatic heterocycles. The molecule has 0 aliphatic rings. The molecule has 0 unspecified atom stereocenters. The molecule has 2 aromatic rings. The number of alkyl halides is 9. The van der Waals surface area contributed by atoms with Gasteiger partial charge in [0.15, 0.2) is 0 Å². The van der Waals surface area contributed by atoms with Gasteiger partial charge in [0.2, 0.25) is 0 Å². The molecule has 0 heterocycles. The SMILES string of the molecule is O=S(=O)(Oc1ccc(C=Cc2cc(OS(=O)(=O)C(F)(F)F)cc(OS(=O)(=O)C(F)(F)F)c2)cc1)C(F)(F)F. The van der Waals surface area contributed by atoms with Crippen LogP contribution in [0.1, 0.15) is 11.1 Å². The van der Waals surface area contributed by atoms with Crippen molar-refractivity contribution in [1.82, 2.24) is 0 Å². The maximum absolute atomic E-state index is 12.6. The van der Waals surface area contributed by atoms with E-state index in [1.165, 1.54) is 0 Å². The Labute approximate surface area is 207 Å². The lowest BCUT2D eigenvalue weighted by molar-refractivity contribution is -0.0505. The van der Waals surface area contributed by atoms with Crippen LogP contribution in [0, 0.1) is 0 Å². The number of rotatable bonds is 8. The van der Waals surface area contributed by atoms with E-state index in [9.17, 15) is 64.8 Å². The van der Waals surface area contributed by atoms with Gasteiger partial charge in [0.1, 0.15) is 17.2 Å². The summed E-state index contributed by atoms with van der Waals surface area (Å²) < 4.78 is 191. The highest BCUT2D eigenvalue weighted by Gasteiger charge is 2.50. The van der Waals surface area contributed by atoms with E-state index >= 15 is 0 Å². The Bertz CT molecular complexity index is 1460. The molecule has 2 rings (SSSR count). The van der Waals surface area contributed by atoms with Crippen molar-refractivity contribution in [2.75, 3.05) is 0 Å². The topological polar surface area (TPSA) is 130 Å². The molecule has 38 heavy (non-hydrogen) atoms.